The summed E-state index contributed by atoms with van der Waals surface area (Å²) >= 11 is 0. The summed E-state index contributed by atoms with van der Waals surface area (Å²) in [5, 5.41) is 0. The normalized spacial score (nSPS) is 9.87. The third-order valence-electron chi connectivity index (χ3n) is 2.20. The molecule has 0 aliphatic rings. The first-order chi connectivity index (χ1) is 7.33. The summed E-state index contributed by atoms with van der Waals surface area (Å²) in [6.45, 7) is 0. The number of carbonyl (C=O) groups is 1. The van der Waals surface area contributed by atoms with Gasteiger partial charge in [0.2, 0.25) is 0 Å². The van der Waals surface area contributed by atoms with Crippen molar-refractivity contribution in [2.75, 3.05) is 5.73 Å². The maximum Gasteiger partial charge on any atom is 0.150 e. The fourth-order valence-corrected chi connectivity index (χ4v) is 1.51. The Balaban J connectivity index is 2.66. The smallest absolute Gasteiger partial charge is 0.150 e. The Kier molecular flexibility index (Phi) is 2.46. The van der Waals surface area contributed by atoms with E-state index in [1.807, 2.05) is 30.3 Å². The quantitative estimate of drug-likeness (QED) is 0.752. The van der Waals surface area contributed by atoms with Gasteiger partial charge in [-0.25, -0.2) is 4.98 Å². The van der Waals surface area contributed by atoms with Gasteiger partial charge in [-0.3, -0.25) is 4.79 Å². The number of nitrogens with two attached hydrogens (primary N) is 1. The summed E-state index contributed by atoms with van der Waals surface area (Å²) in [5.74, 6) is 0.380. The standard InChI is InChI=1S/C12H10N2O/c13-12-11(9-4-2-1-3-5-9)10(8-15)6-7-14-12/h1-8H,(H2,13,14). The van der Waals surface area contributed by atoms with Crippen LogP contribution >= 0.6 is 0 Å². The minimum Gasteiger partial charge on any atom is -0.383 e. The molecular formula is C12H10N2O. The number of hydrogen-bond donors (Lipinski definition) is 1. The number of anilines is 1. The van der Waals surface area contributed by atoms with Gasteiger partial charge in [0.25, 0.3) is 0 Å². The third kappa shape index (κ3) is 1.72. The summed E-state index contributed by atoms with van der Waals surface area (Å²) in [4.78, 5) is 14.9. The number of aldehydes is 1. The van der Waals surface area contributed by atoms with E-state index in [0.29, 0.717) is 16.9 Å². The van der Waals surface area contributed by atoms with Gasteiger partial charge in [-0.05, 0) is 11.6 Å². The van der Waals surface area contributed by atoms with Crippen molar-refractivity contribution in [2.45, 2.75) is 0 Å². The van der Waals surface area contributed by atoms with E-state index in [0.717, 1.165) is 11.8 Å². The minimum absolute atomic E-state index is 0.380. The van der Waals surface area contributed by atoms with Gasteiger partial charge in [-0.2, -0.15) is 0 Å². The van der Waals surface area contributed by atoms with Crippen LogP contribution in [0.1, 0.15) is 10.4 Å². The average molecular weight is 198 g/mol. The highest BCUT2D eigenvalue weighted by molar-refractivity contribution is 5.91. The van der Waals surface area contributed by atoms with Crippen molar-refractivity contribution in [1.29, 1.82) is 0 Å². The molecule has 1 aromatic heterocycles. The maximum absolute atomic E-state index is 10.9. The van der Waals surface area contributed by atoms with E-state index < -0.39 is 0 Å². The lowest BCUT2D eigenvalue weighted by molar-refractivity contribution is 0.112. The van der Waals surface area contributed by atoms with Crippen LogP contribution in [0, 0.1) is 0 Å². The zero-order valence-corrected chi connectivity index (χ0v) is 8.05. The van der Waals surface area contributed by atoms with Crippen LogP contribution in [0.25, 0.3) is 11.1 Å². The topological polar surface area (TPSA) is 56.0 Å². The Bertz CT molecular complexity index is 480. The second-order valence-corrected chi connectivity index (χ2v) is 3.14. The SMILES string of the molecule is Nc1nccc(C=O)c1-c1ccccc1. The molecule has 1 heterocycles. The first kappa shape index (κ1) is 9.40. The lowest BCUT2D eigenvalue weighted by Crippen LogP contribution is -1.97. The molecule has 0 radical (unpaired) electrons. The lowest BCUT2D eigenvalue weighted by atomic mass is 10.0. The van der Waals surface area contributed by atoms with Gasteiger partial charge in [0, 0.05) is 17.3 Å². The number of nitrogen functional groups attached to an aromatic ring is 1. The molecule has 0 saturated heterocycles. The molecular weight excluding hydrogens is 188 g/mol. The fraction of sp³-hybridized carbons (Fsp3) is 0. The molecule has 0 bridgehead atoms. The molecule has 0 amide bonds. The maximum atomic E-state index is 10.9. The zero-order chi connectivity index (χ0) is 10.7. The van der Waals surface area contributed by atoms with Gasteiger partial charge < -0.3 is 5.73 Å². The predicted octanol–water partition coefficient (Wildman–Crippen LogP) is 2.14. The van der Waals surface area contributed by atoms with Crippen LogP contribution in [-0.2, 0) is 0 Å². The van der Waals surface area contributed by atoms with Gasteiger partial charge in [0.1, 0.15) is 5.82 Å². The molecule has 0 fully saturated rings. The van der Waals surface area contributed by atoms with E-state index in [1.54, 1.807) is 6.07 Å². The van der Waals surface area contributed by atoms with E-state index in [1.165, 1.54) is 6.20 Å². The van der Waals surface area contributed by atoms with Crippen molar-refractivity contribution >= 4 is 12.1 Å². The molecule has 3 heteroatoms. The molecule has 0 saturated carbocycles. The molecule has 0 atom stereocenters. The van der Waals surface area contributed by atoms with Crippen molar-refractivity contribution in [2.24, 2.45) is 0 Å². The van der Waals surface area contributed by atoms with Gasteiger partial charge >= 0.3 is 0 Å². The number of rotatable bonds is 2. The summed E-state index contributed by atoms with van der Waals surface area (Å²) in [6.07, 6.45) is 2.33. The molecule has 2 aromatic rings. The van der Waals surface area contributed by atoms with E-state index >= 15 is 0 Å². The van der Waals surface area contributed by atoms with Crippen molar-refractivity contribution in [3.8, 4) is 11.1 Å². The highest BCUT2D eigenvalue weighted by Gasteiger charge is 2.08. The number of pyridine rings is 1. The first-order valence-electron chi connectivity index (χ1n) is 4.58. The molecule has 3 nitrogen and oxygen atoms in total. The fourth-order valence-electron chi connectivity index (χ4n) is 1.51. The second-order valence-electron chi connectivity index (χ2n) is 3.14. The van der Waals surface area contributed by atoms with Crippen molar-refractivity contribution in [1.82, 2.24) is 4.98 Å². The average Bonchev–Trinajstić information content (AvgIpc) is 2.29. The summed E-state index contributed by atoms with van der Waals surface area (Å²) in [5.41, 5.74) is 7.93. The Hall–Kier alpha value is -2.16. The third-order valence-corrected chi connectivity index (χ3v) is 2.20. The first-order valence-corrected chi connectivity index (χ1v) is 4.58. The largest absolute Gasteiger partial charge is 0.383 e. The summed E-state index contributed by atoms with van der Waals surface area (Å²) in [6, 6.07) is 11.2. The van der Waals surface area contributed by atoms with Gasteiger partial charge in [-0.15, -0.1) is 0 Å². The summed E-state index contributed by atoms with van der Waals surface area (Å²) in [7, 11) is 0. The number of hydrogen-bond acceptors (Lipinski definition) is 3. The summed E-state index contributed by atoms with van der Waals surface area (Å²) < 4.78 is 0. The van der Waals surface area contributed by atoms with Crippen LogP contribution in [0.4, 0.5) is 5.82 Å². The number of benzene rings is 1. The van der Waals surface area contributed by atoms with Crippen molar-refractivity contribution in [3.63, 3.8) is 0 Å². The molecule has 15 heavy (non-hydrogen) atoms. The lowest BCUT2D eigenvalue weighted by Gasteiger charge is -2.06. The Labute approximate surface area is 87.6 Å². The minimum atomic E-state index is 0.380. The zero-order valence-electron chi connectivity index (χ0n) is 8.05. The van der Waals surface area contributed by atoms with Crippen LogP contribution in [0.2, 0.25) is 0 Å². The number of aromatic nitrogens is 1. The van der Waals surface area contributed by atoms with Crippen LogP contribution < -0.4 is 5.73 Å². The molecule has 2 N–H and O–H groups in total. The van der Waals surface area contributed by atoms with Crippen molar-refractivity contribution < 1.29 is 4.79 Å². The highest BCUT2D eigenvalue weighted by Crippen LogP contribution is 2.26. The number of carbonyl (C=O) groups excluding carboxylic acids is 1. The molecule has 1 aromatic carbocycles. The van der Waals surface area contributed by atoms with Crippen LogP contribution in [0.3, 0.4) is 0 Å². The monoisotopic (exact) mass is 198 g/mol. The highest BCUT2D eigenvalue weighted by atomic mass is 16.1. The van der Waals surface area contributed by atoms with Crippen LogP contribution in [0.5, 0.6) is 0 Å². The Morgan fingerprint density at radius 2 is 1.87 bits per heavy atom. The van der Waals surface area contributed by atoms with E-state index in [2.05, 4.69) is 4.98 Å². The second kappa shape index (κ2) is 3.92. The van der Waals surface area contributed by atoms with Gasteiger partial charge in [0.15, 0.2) is 6.29 Å². The van der Waals surface area contributed by atoms with E-state index in [4.69, 9.17) is 5.73 Å². The Morgan fingerprint density at radius 3 is 2.53 bits per heavy atom. The number of nitrogens with zero attached hydrogens (tertiary/aromatic N) is 1. The molecule has 0 aliphatic heterocycles. The van der Waals surface area contributed by atoms with E-state index in [-0.39, 0.29) is 0 Å². The molecule has 0 spiro atoms. The van der Waals surface area contributed by atoms with Gasteiger partial charge in [0.05, 0.1) is 0 Å². The van der Waals surface area contributed by atoms with Crippen LogP contribution in [-0.4, -0.2) is 11.3 Å². The molecule has 0 aliphatic carbocycles. The van der Waals surface area contributed by atoms with Crippen molar-refractivity contribution in [3.05, 3.63) is 48.2 Å². The molecule has 74 valence electrons. The molecule has 0 unspecified atom stereocenters. The predicted molar refractivity (Wildman–Crippen MR) is 59.5 cm³/mol. The Morgan fingerprint density at radius 1 is 1.13 bits per heavy atom. The molecule has 2 rings (SSSR count). The van der Waals surface area contributed by atoms with Crippen LogP contribution in [0.15, 0.2) is 42.6 Å². The van der Waals surface area contributed by atoms with Gasteiger partial charge in [-0.1, -0.05) is 30.3 Å². The van der Waals surface area contributed by atoms with E-state index in [9.17, 15) is 4.79 Å².